The predicted molar refractivity (Wildman–Crippen MR) is 144 cm³/mol. The van der Waals surface area contributed by atoms with Crippen molar-refractivity contribution in [3.63, 3.8) is 0 Å². The van der Waals surface area contributed by atoms with Crippen molar-refractivity contribution in [3.8, 4) is 11.5 Å². The van der Waals surface area contributed by atoms with Crippen LogP contribution in [0, 0.1) is 0 Å². The van der Waals surface area contributed by atoms with Gasteiger partial charge in [0, 0.05) is 15.6 Å². The molecular formula is C28H22BrN3O5. The molecule has 186 valence electrons. The molecule has 0 aromatic heterocycles. The minimum atomic E-state index is -0.549. The smallest absolute Gasteiger partial charge is 0.343 e. The van der Waals surface area contributed by atoms with Crippen molar-refractivity contribution in [1.29, 1.82) is 0 Å². The number of methoxy groups -OCH3 is 1. The van der Waals surface area contributed by atoms with E-state index in [2.05, 4.69) is 31.8 Å². The second kappa shape index (κ2) is 12.0. The van der Waals surface area contributed by atoms with Crippen LogP contribution < -0.4 is 20.2 Å². The number of fused-ring (bicyclic) bond motifs is 1. The van der Waals surface area contributed by atoms with E-state index in [1.165, 1.54) is 6.21 Å². The van der Waals surface area contributed by atoms with E-state index in [9.17, 15) is 14.4 Å². The summed E-state index contributed by atoms with van der Waals surface area (Å²) in [4.78, 5) is 37.2. The largest absolute Gasteiger partial charge is 0.497 e. The highest BCUT2D eigenvalue weighted by Crippen LogP contribution is 2.27. The Labute approximate surface area is 221 Å². The van der Waals surface area contributed by atoms with Gasteiger partial charge < -0.3 is 14.8 Å². The Morgan fingerprint density at radius 1 is 0.919 bits per heavy atom. The Morgan fingerprint density at radius 2 is 1.70 bits per heavy atom. The van der Waals surface area contributed by atoms with Crippen molar-refractivity contribution < 1.29 is 23.9 Å². The van der Waals surface area contributed by atoms with Crippen LogP contribution in [-0.2, 0) is 4.79 Å². The molecule has 0 aliphatic heterocycles. The van der Waals surface area contributed by atoms with Gasteiger partial charge in [0.05, 0.1) is 25.4 Å². The molecule has 0 aliphatic rings. The van der Waals surface area contributed by atoms with E-state index in [1.807, 2.05) is 30.3 Å². The molecule has 37 heavy (non-hydrogen) atoms. The van der Waals surface area contributed by atoms with E-state index in [-0.39, 0.29) is 18.2 Å². The zero-order valence-electron chi connectivity index (χ0n) is 19.7. The van der Waals surface area contributed by atoms with E-state index in [0.717, 1.165) is 15.2 Å². The molecule has 4 aromatic carbocycles. The van der Waals surface area contributed by atoms with Gasteiger partial charge in [0.2, 0.25) is 0 Å². The van der Waals surface area contributed by atoms with Crippen molar-refractivity contribution in [2.45, 2.75) is 0 Å². The van der Waals surface area contributed by atoms with Gasteiger partial charge >= 0.3 is 5.97 Å². The van der Waals surface area contributed by atoms with Crippen molar-refractivity contribution >= 4 is 50.7 Å². The van der Waals surface area contributed by atoms with Gasteiger partial charge in [-0.15, -0.1) is 0 Å². The summed E-state index contributed by atoms with van der Waals surface area (Å²) in [7, 11) is 1.54. The maximum Gasteiger partial charge on any atom is 0.343 e. The summed E-state index contributed by atoms with van der Waals surface area (Å²) in [5.74, 6) is -0.551. The van der Waals surface area contributed by atoms with E-state index in [4.69, 9.17) is 9.47 Å². The molecule has 2 N–H and O–H groups in total. The predicted octanol–water partition coefficient (Wildman–Crippen LogP) is 4.71. The number of carbonyl (C=O) groups is 3. The minimum absolute atomic E-state index is 0.266. The topological polar surface area (TPSA) is 106 Å². The first-order chi connectivity index (χ1) is 17.9. The van der Waals surface area contributed by atoms with Gasteiger partial charge in [-0.2, -0.15) is 5.10 Å². The van der Waals surface area contributed by atoms with Gasteiger partial charge in [-0.3, -0.25) is 9.59 Å². The molecule has 8 nitrogen and oxygen atoms in total. The molecule has 2 amide bonds. The van der Waals surface area contributed by atoms with Crippen LogP contribution in [-0.4, -0.2) is 37.7 Å². The molecule has 0 atom stereocenters. The first kappa shape index (κ1) is 25.6. The molecule has 0 saturated carbocycles. The van der Waals surface area contributed by atoms with E-state index in [0.29, 0.717) is 22.4 Å². The standard InChI is InChI=1S/C28H22BrN3O5/c1-36-22-12-9-19(10-13-22)28(35)37-25-14-11-18-5-2-3-8-23(18)24(25)16-31-32-26(33)17-30-27(34)20-6-4-7-21(29)15-20/h2-16H,17H2,1H3,(H,30,34)(H,32,33)/b31-16-. The second-order valence-corrected chi connectivity index (χ2v) is 8.72. The van der Waals surface area contributed by atoms with Crippen LogP contribution in [0.5, 0.6) is 11.5 Å². The van der Waals surface area contributed by atoms with Crippen LogP contribution in [0.2, 0.25) is 0 Å². The molecule has 0 bridgehead atoms. The van der Waals surface area contributed by atoms with Crippen molar-refractivity contribution in [2.24, 2.45) is 5.10 Å². The maximum absolute atomic E-state index is 12.8. The first-order valence-corrected chi connectivity index (χ1v) is 12.0. The van der Waals surface area contributed by atoms with Crippen LogP contribution in [0.4, 0.5) is 0 Å². The quantitative estimate of drug-likeness (QED) is 0.141. The third-order valence-corrected chi connectivity index (χ3v) is 5.83. The number of benzene rings is 4. The first-order valence-electron chi connectivity index (χ1n) is 11.2. The summed E-state index contributed by atoms with van der Waals surface area (Å²) in [6.07, 6.45) is 1.41. The molecule has 0 saturated heterocycles. The summed E-state index contributed by atoms with van der Waals surface area (Å²) < 4.78 is 11.5. The highest BCUT2D eigenvalue weighted by Gasteiger charge is 2.14. The Kier molecular flexibility index (Phi) is 8.27. The fourth-order valence-electron chi connectivity index (χ4n) is 3.48. The highest BCUT2D eigenvalue weighted by atomic mass is 79.9. The molecule has 0 radical (unpaired) electrons. The average molecular weight is 560 g/mol. The lowest BCUT2D eigenvalue weighted by atomic mass is 10.0. The van der Waals surface area contributed by atoms with Crippen LogP contribution >= 0.6 is 15.9 Å². The van der Waals surface area contributed by atoms with Crippen molar-refractivity contribution in [3.05, 3.63) is 106 Å². The summed E-state index contributed by atoms with van der Waals surface area (Å²) in [5.41, 5.74) is 3.68. The van der Waals surface area contributed by atoms with Gasteiger partial charge in [0.1, 0.15) is 11.5 Å². The maximum atomic E-state index is 12.8. The van der Waals surface area contributed by atoms with Gasteiger partial charge in [-0.1, -0.05) is 52.3 Å². The molecule has 0 unspecified atom stereocenters. The molecule has 4 rings (SSSR count). The molecule has 0 fully saturated rings. The number of halogens is 1. The number of esters is 1. The van der Waals surface area contributed by atoms with Gasteiger partial charge in [0.15, 0.2) is 0 Å². The number of hydrogen-bond acceptors (Lipinski definition) is 6. The number of ether oxygens (including phenoxy) is 2. The lowest BCUT2D eigenvalue weighted by molar-refractivity contribution is -0.120. The van der Waals surface area contributed by atoms with E-state index in [1.54, 1.807) is 61.7 Å². The molecule has 0 heterocycles. The number of amides is 2. The lowest BCUT2D eigenvalue weighted by Gasteiger charge is -2.11. The zero-order valence-corrected chi connectivity index (χ0v) is 21.3. The molecule has 4 aromatic rings. The summed E-state index contributed by atoms with van der Waals surface area (Å²) >= 11 is 3.31. The fourth-order valence-corrected chi connectivity index (χ4v) is 3.88. The van der Waals surface area contributed by atoms with Crippen molar-refractivity contribution in [1.82, 2.24) is 10.7 Å². The molecule has 9 heteroatoms. The Hall–Kier alpha value is -4.50. The van der Waals surface area contributed by atoms with Gasteiger partial charge in [-0.05, 0) is 59.3 Å². The normalized spacial score (nSPS) is 10.8. The number of hydrazone groups is 1. The Balaban J connectivity index is 1.47. The Morgan fingerprint density at radius 3 is 2.46 bits per heavy atom. The van der Waals surface area contributed by atoms with E-state index >= 15 is 0 Å². The lowest BCUT2D eigenvalue weighted by Crippen LogP contribution is -2.34. The average Bonchev–Trinajstić information content (AvgIpc) is 2.92. The van der Waals surface area contributed by atoms with Gasteiger partial charge in [0.25, 0.3) is 11.8 Å². The fraction of sp³-hybridized carbons (Fsp3) is 0.0714. The van der Waals surface area contributed by atoms with Crippen LogP contribution in [0.25, 0.3) is 10.8 Å². The highest BCUT2D eigenvalue weighted by molar-refractivity contribution is 9.10. The summed E-state index contributed by atoms with van der Waals surface area (Å²) in [6, 6.07) is 24.4. The van der Waals surface area contributed by atoms with Crippen LogP contribution in [0.1, 0.15) is 26.3 Å². The zero-order chi connectivity index (χ0) is 26.2. The Bertz CT molecular complexity index is 1490. The number of carbonyl (C=O) groups excluding carboxylic acids is 3. The number of nitrogens with zero attached hydrogens (tertiary/aromatic N) is 1. The van der Waals surface area contributed by atoms with E-state index < -0.39 is 11.9 Å². The number of nitrogens with one attached hydrogen (secondary N) is 2. The minimum Gasteiger partial charge on any atom is -0.497 e. The third kappa shape index (κ3) is 6.59. The number of rotatable bonds is 8. The molecular weight excluding hydrogens is 538 g/mol. The van der Waals surface area contributed by atoms with Crippen LogP contribution in [0.3, 0.4) is 0 Å². The third-order valence-electron chi connectivity index (χ3n) is 5.34. The van der Waals surface area contributed by atoms with Gasteiger partial charge in [-0.25, -0.2) is 10.2 Å². The monoisotopic (exact) mass is 559 g/mol. The summed E-state index contributed by atoms with van der Waals surface area (Å²) in [6.45, 7) is -0.266. The molecule has 0 aliphatic carbocycles. The summed E-state index contributed by atoms with van der Waals surface area (Å²) in [5, 5.41) is 8.26. The van der Waals surface area contributed by atoms with Crippen LogP contribution in [0.15, 0.2) is 94.5 Å². The SMILES string of the molecule is COc1ccc(C(=O)Oc2ccc3ccccc3c2/C=N\NC(=O)CNC(=O)c2cccc(Br)c2)cc1. The molecule has 0 spiro atoms. The van der Waals surface area contributed by atoms with Crippen molar-refractivity contribution in [2.75, 3.05) is 13.7 Å². The second-order valence-electron chi connectivity index (χ2n) is 7.80. The number of hydrogen-bond donors (Lipinski definition) is 2.